The molecule has 1 aromatic carbocycles. The van der Waals surface area contributed by atoms with E-state index >= 15 is 0 Å². The highest BCUT2D eigenvalue weighted by molar-refractivity contribution is 5.31. The van der Waals surface area contributed by atoms with E-state index in [4.69, 9.17) is 4.74 Å². The zero-order chi connectivity index (χ0) is 8.27. The fraction of sp³-hybridized carbons (Fsp3) is 0.400. The Bertz CT molecular complexity index is 220. The Hall–Kier alpha value is -0.980. The Kier molecular flexibility index (Phi) is 2.53. The molecule has 1 aromatic rings. The first-order chi connectivity index (χ1) is 5.22. The van der Waals surface area contributed by atoms with Gasteiger partial charge in [-0.05, 0) is 50.1 Å². The molecule has 0 saturated carbocycles. The molecule has 0 fully saturated rings. The van der Waals surface area contributed by atoms with Gasteiger partial charge in [-0.25, -0.2) is 0 Å². The first-order valence-electron chi connectivity index (χ1n) is 3.85. The average Bonchev–Trinajstić information content (AvgIpc) is 1.85. The van der Waals surface area contributed by atoms with Crippen molar-refractivity contribution in [2.24, 2.45) is 0 Å². The van der Waals surface area contributed by atoms with Crippen LogP contribution in [0.2, 0.25) is 0 Å². The van der Waals surface area contributed by atoms with Crippen molar-refractivity contribution in [2.45, 2.75) is 20.8 Å². The monoisotopic (exact) mass is 149 g/mol. The van der Waals surface area contributed by atoms with Crippen molar-refractivity contribution < 1.29 is 4.74 Å². The summed E-state index contributed by atoms with van der Waals surface area (Å²) in [5, 5.41) is 0. The highest BCUT2D eigenvalue weighted by Crippen LogP contribution is 2.14. The van der Waals surface area contributed by atoms with Crippen LogP contribution in [0, 0.1) is 19.9 Å². The number of benzene rings is 1. The molecule has 1 nitrogen and oxygen atoms in total. The molecule has 0 spiro atoms. The van der Waals surface area contributed by atoms with E-state index in [2.05, 4.69) is 6.07 Å². The molecule has 0 amide bonds. The number of aryl methyl sites for hydroxylation is 2. The number of ether oxygens (including phenoxy) is 1. The smallest absolute Gasteiger partial charge is 0.119 e. The highest BCUT2D eigenvalue weighted by Gasteiger charge is 1.94. The Labute approximate surface area is 68.0 Å². The van der Waals surface area contributed by atoms with Crippen LogP contribution in [0.4, 0.5) is 0 Å². The molecular weight excluding hydrogens is 136 g/mol. The maximum Gasteiger partial charge on any atom is 0.119 e. The van der Waals surface area contributed by atoms with E-state index in [0.29, 0.717) is 0 Å². The van der Waals surface area contributed by atoms with E-state index in [1.165, 1.54) is 0 Å². The van der Waals surface area contributed by atoms with Gasteiger partial charge in [0.25, 0.3) is 0 Å². The molecule has 0 saturated heterocycles. The van der Waals surface area contributed by atoms with Crippen LogP contribution in [0.1, 0.15) is 18.1 Å². The van der Waals surface area contributed by atoms with Gasteiger partial charge in [0.15, 0.2) is 0 Å². The zero-order valence-corrected chi connectivity index (χ0v) is 7.27. The maximum absolute atomic E-state index is 5.35. The van der Waals surface area contributed by atoms with Crippen LogP contribution in [0.15, 0.2) is 12.1 Å². The molecule has 1 heteroatoms. The minimum absolute atomic E-state index is 0.725. The van der Waals surface area contributed by atoms with Gasteiger partial charge in [-0.15, -0.1) is 0 Å². The third-order valence-electron chi connectivity index (χ3n) is 1.42. The quantitative estimate of drug-likeness (QED) is 0.627. The zero-order valence-electron chi connectivity index (χ0n) is 7.27. The Balaban J connectivity index is 2.89. The van der Waals surface area contributed by atoms with Gasteiger partial charge in [-0.2, -0.15) is 0 Å². The summed E-state index contributed by atoms with van der Waals surface area (Å²) in [6, 6.07) is 7.18. The standard InChI is InChI=1S/C10H13O/c1-4-11-10-6-8(2)5-9(3)7-10/h6-7H,4H2,1-3H3. The lowest BCUT2D eigenvalue weighted by atomic mass is 10.1. The van der Waals surface area contributed by atoms with Crippen LogP contribution in [-0.4, -0.2) is 6.61 Å². The summed E-state index contributed by atoms with van der Waals surface area (Å²) in [7, 11) is 0. The SMILES string of the molecule is CCOc1cc(C)[c]c(C)c1. The molecule has 0 unspecified atom stereocenters. The van der Waals surface area contributed by atoms with Gasteiger partial charge in [0.05, 0.1) is 6.61 Å². The lowest BCUT2D eigenvalue weighted by molar-refractivity contribution is 0.340. The van der Waals surface area contributed by atoms with E-state index in [0.717, 1.165) is 23.5 Å². The van der Waals surface area contributed by atoms with Crippen molar-refractivity contribution in [3.8, 4) is 5.75 Å². The first kappa shape index (κ1) is 8.12. The molecule has 0 aliphatic carbocycles. The van der Waals surface area contributed by atoms with Crippen molar-refractivity contribution in [1.29, 1.82) is 0 Å². The topological polar surface area (TPSA) is 9.23 Å². The summed E-state index contributed by atoms with van der Waals surface area (Å²) >= 11 is 0. The molecular formula is C10H13O. The maximum atomic E-state index is 5.35. The van der Waals surface area contributed by atoms with Gasteiger partial charge in [0.1, 0.15) is 5.75 Å². The first-order valence-corrected chi connectivity index (χ1v) is 3.85. The second-order valence-corrected chi connectivity index (χ2v) is 2.62. The summed E-state index contributed by atoms with van der Waals surface area (Å²) in [6.45, 7) is 6.76. The van der Waals surface area contributed by atoms with Gasteiger partial charge < -0.3 is 4.74 Å². The fourth-order valence-corrected chi connectivity index (χ4v) is 1.10. The molecule has 0 aliphatic heterocycles. The normalized spacial score (nSPS) is 9.73. The minimum atomic E-state index is 0.725. The fourth-order valence-electron chi connectivity index (χ4n) is 1.10. The van der Waals surface area contributed by atoms with Gasteiger partial charge in [-0.1, -0.05) is 0 Å². The van der Waals surface area contributed by atoms with Gasteiger partial charge in [0.2, 0.25) is 0 Å². The molecule has 59 valence electrons. The van der Waals surface area contributed by atoms with E-state index < -0.39 is 0 Å². The third kappa shape index (κ3) is 2.26. The molecule has 0 bridgehead atoms. The van der Waals surface area contributed by atoms with Crippen LogP contribution < -0.4 is 4.74 Å². The van der Waals surface area contributed by atoms with Crippen LogP contribution in [0.5, 0.6) is 5.75 Å². The van der Waals surface area contributed by atoms with Crippen LogP contribution in [-0.2, 0) is 0 Å². The van der Waals surface area contributed by atoms with Crippen LogP contribution in [0.25, 0.3) is 0 Å². The van der Waals surface area contributed by atoms with Crippen molar-refractivity contribution in [2.75, 3.05) is 6.61 Å². The summed E-state index contributed by atoms with van der Waals surface area (Å²) in [4.78, 5) is 0. The van der Waals surface area contributed by atoms with Crippen LogP contribution in [0.3, 0.4) is 0 Å². The van der Waals surface area contributed by atoms with E-state index in [1.54, 1.807) is 0 Å². The second kappa shape index (κ2) is 3.42. The summed E-state index contributed by atoms with van der Waals surface area (Å²) in [5.74, 6) is 0.946. The van der Waals surface area contributed by atoms with Crippen molar-refractivity contribution >= 4 is 0 Å². The summed E-state index contributed by atoms with van der Waals surface area (Å²) < 4.78 is 5.35. The summed E-state index contributed by atoms with van der Waals surface area (Å²) in [5.41, 5.74) is 2.27. The van der Waals surface area contributed by atoms with Gasteiger partial charge in [-0.3, -0.25) is 0 Å². The van der Waals surface area contributed by atoms with Crippen molar-refractivity contribution in [3.05, 3.63) is 29.3 Å². The minimum Gasteiger partial charge on any atom is -0.494 e. The Morgan fingerprint density at radius 2 is 1.82 bits per heavy atom. The molecule has 0 aliphatic rings. The van der Waals surface area contributed by atoms with E-state index in [1.807, 2.05) is 32.9 Å². The molecule has 0 N–H and O–H groups in total. The molecule has 1 radical (unpaired) electrons. The molecule has 0 atom stereocenters. The van der Waals surface area contributed by atoms with Gasteiger partial charge in [0, 0.05) is 0 Å². The Morgan fingerprint density at radius 1 is 1.27 bits per heavy atom. The van der Waals surface area contributed by atoms with E-state index in [9.17, 15) is 0 Å². The van der Waals surface area contributed by atoms with Crippen molar-refractivity contribution in [3.63, 3.8) is 0 Å². The number of rotatable bonds is 2. The largest absolute Gasteiger partial charge is 0.494 e. The van der Waals surface area contributed by atoms with Crippen molar-refractivity contribution in [1.82, 2.24) is 0 Å². The lowest BCUT2D eigenvalue weighted by Gasteiger charge is -2.04. The molecule has 11 heavy (non-hydrogen) atoms. The van der Waals surface area contributed by atoms with Crippen LogP contribution >= 0.6 is 0 Å². The third-order valence-corrected chi connectivity index (χ3v) is 1.42. The van der Waals surface area contributed by atoms with E-state index in [-0.39, 0.29) is 0 Å². The second-order valence-electron chi connectivity index (χ2n) is 2.62. The highest BCUT2D eigenvalue weighted by atomic mass is 16.5. The Morgan fingerprint density at radius 3 is 2.27 bits per heavy atom. The average molecular weight is 149 g/mol. The summed E-state index contributed by atoms with van der Waals surface area (Å²) in [6.07, 6.45) is 0. The molecule has 1 rings (SSSR count). The molecule has 0 aromatic heterocycles. The lowest BCUT2D eigenvalue weighted by Crippen LogP contribution is -1.92. The molecule has 0 heterocycles. The number of hydrogen-bond donors (Lipinski definition) is 0. The number of hydrogen-bond acceptors (Lipinski definition) is 1. The predicted molar refractivity (Wildman–Crippen MR) is 45.9 cm³/mol. The van der Waals surface area contributed by atoms with Gasteiger partial charge >= 0.3 is 0 Å². The predicted octanol–water partition coefficient (Wildman–Crippen LogP) is 2.50.